The van der Waals surface area contributed by atoms with Gasteiger partial charge in [0.05, 0.1) is 11.8 Å². The quantitative estimate of drug-likeness (QED) is 0.867. The molecule has 0 aliphatic carbocycles. The van der Waals surface area contributed by atoms with Crippen molar-refractivity contribution in [1.29, 1.82) is 0 Å². The van der Waals surface area contributed by atoms with Crippen molar-refractivity contribution in [3.05, 3.63) is 35.6 Å². The summed E-state index contributed by atoms with van der Waals surface area (Å²) < 4.78 is 31.3. The van der Waals surface area contributed by atoms with E-state index in [1.165, 1.54) is 4.31 Å². The third kappa shape index (κ3) is 3.64. The molecular formula is C19H26N2O4S. The lowest BCUT2D eigenvalue weighted by molar-refractivity contribution is -0.126. The topological polar surface area (TPSA) is 79.6 Å². The maximum absolute atomic E-state index is 12.6. The lowest BCUT2D eigenvalue weighted by Gasteiger charge is -2.30. The Bertz CT molecular complexity index is 895. The van der Waals surface area contributed by atoms with E-state index < -0.39 is 10.0 Å². The number of carbonyl (C=O) groups is 1. The summed E-state index contributed by atoms with van der Waals surface area (Å²) >= 11 is 0. The molecule has 1 saturated heterocycles. The summed E-state index contributed by atoms with van der Waals surface area (Å²) in [5, 5.41) is 4.09. The highest BCUT2D eigenvalue weighted by Gasteiger charge is 2.31. The number of nitrogens with zero attached hydrogens (tertiary/aromatic N) is 1. The lowest BCUT2D eigenvalue weighted by Crippen LogP contribution is -2.43. The SMILES string of the molecule is CCS(=O)(=O)N1CCC(C(=O)NC(C)c2oc3ccccc3c2C)CC1. The Balaban J connectivity index is 1.64. The van der Waals surface area contributed by atoms with Gasteiger partial charge in [-0.1, -0.05) is 18.2 Å². The Morgan fingerprint density at radius 2 is 1.96 bits per heavy atom. The van der Waals surface area contributed by atoms with Gasteiger partial charge < -0.3 is 9.73 Å². The molecule has 0 bridgehead atoms. The first-order valence-electron chi connectivity index (χ1n) is 9.09. The standard InChI is InChI=1S/C19H26N2O4S/c1-4-26(23,24)21-11-9-15(10-12-21)19(22)20-14(3)18-13(2)16-7-5-6-8-17(16)25-18/h5-8,14-15H,4,9-12H2,1-3H3,(H,20,22). The number of piperidine rings is 1. The maximum Gasteiger partial charge on any atom is 0.223 e. The van der Waals surface area contributed by atoms with Crippen LogP contribution in [0.3, 0.4) is 0 Å². The van der Waals surface area contributed by atoms with Gasteiger partial charge in [-0.3, -0.25) is 4.79 Å². The van der Waals surface area contributed by atoms with Crippen molar-refractivity contribution in [2.75, 3.05) is 18.8 Å². The summed E-state index contributed by atoms with van der Waals surface area (Å²) in [4.78, 5) is 12.6. The van der Waals surface area contributed by atoms with Gasteiger partial charge in [0.15, 0.2) is 0 Å². The molecule has 7 heteroatoms. The molecule has 1 unspecified atom stereocenters. The van der Waals surface area contributed by atoms with Crippen LogP contribution in [0.15, 0.2) is 28.7 Å². The third-order valence-corrected chi connectivity index (χ3v) is 7.10. The van der Waals surface area contributed by atoms with Gasteiger partial charge in [-0.15, -0.1) is 0 Å². The molecule has 1 atom stereocenters. The van der Waals surface area contributed by atoms with E-state index in [9.17, 15) is 13.2 Å². The first-order valence-corrected chi connectivity index (χ1v) is 10.7. The van der Waals surface area contributed by atoms with Gasteiger partial charge in [0, 0.05) is 30.0 Å². The zero-order valence-electron chi connectivity index (χ0n) is 15.5. The molecule has 6 nitrogen and oxygen atoms in total. The number of carbonyl (C=O) groups excluding carboxylic acids is 1. The van der Waals surface area contributed by atoms with Crippen molar-refractivity contribution < 1.29 is 17.6 Å². The van der Waals surface area contributed by atoms with Crippen molar-refractivity contribution >= 4 is 26.9 Å². The van der Waals surface area contributed by atoms with Crippen LogP contribution in [-0.4, -0.2) is 37.5 Å². The van der Waals surface area contributed by atoms with Crippen LogP contribution in [0, 0.1) is 12.8 Å². The molecule has 1 fully saturated rings. The maximum atomic E-state index is 12.6. The fourth-order valence-corrected chi connectivity index (χ4v) is 4.71. The van der Waals surface area contributed by atoms with Gasteiger partial charge in [-0.05, 0) is 39.7 Å². The Hall–Kier alpha value is -1.86. The minimum absolute atomic E-state index is 0.0362. The molecule has 1 amide bonds. The van der Waals surface area contributed by atoms with Crippen molar-refractivity contribution in [1.82, 2.24) is 9.62 Å². The molecule has 0 spiro atoms. The van der Waals surface area contributed by atoms with E-state index in [0.29, 0.717) is 25.9 Å². The fraction of sp³-hybridized carbons (Fsp3) is 0.526. The van der Waals surface area contributed by atoms with Crippen molar-refractivity contribution in [3.8, 4) is 0 Å². The number of sulfonamides is 1. The smallest absolute Gasteiger partial charge is 0.223 e. The van der Waals surface area contributed by atoms with E-state index in [2.05, 4.69) is 5.32 Å². The van der Waals surface area contributed by atoms with E-state index in [1.807, 2.05) is 38.1 Å². The Morgan fingerprint density at radius 1 is 1.31 bits per heavy atom. The second-order valence-electron chi connectivity index (χ2n) is 6.89. The molecule has 3 rings (SSSR count). The summed E-state index contributed by atoms with van der Waals surface area (Å²) in [5.74, 6) is 0.675. The summed E-state index contributed by atoms with van der Waals surface area (Å²) in [6.07, 6.45) is 1.10. The van der Waals surface area contributed by atoms with Crippen molar-refractivity contribution in [2.45, 2.75) is 39.7 Å². The van der Waals surface area contributed by atoms with Gasteiger partial charge in [0.2, 0.25) is 15.9 Å². The predicted octanol–water partition coefficient (Wildman–Crippen LogP) is 2.98. The summed E-state index contributed by atoms with van der Waals surface area (Å²) in [7, 11) is -3.17. The molecule has 1 aromatic heterocycles. The van der Waals surface area contributed by atoms with Crippen LogP contribution < -0.4 is 5.32 Å². The van der Waals surface area contributed by atoms with Crippen molar-refractivity contribution in [2.24, 2.45) is 5.92 Å². The largest absolute Gasteiger partial charge is 0.459 e. The number of nitrogens with one attached hydrogen (secondary N) is 1. The molecule has 1 aliphatic rings. The molecule has 2 heterocycles. The number of hydrogen-bond acceptors (Lipinski definition) is 4. The molecule has 26 heavy (non-hydrogen) atoms. The van der Waals surface area contributed by atoms with Crippen molar-refractivity contribution in [3.63, 3.8) is 0 Å². The normalized spacial score (nSPS) is 18.1. The van der Waals surface area contributed by atoms with Gasteiger partial charge in [0.1, 0.15) is 11.3 Å². The highest BCUT2D eigenvalue weighted by atomic mass is 32.2. The monoisotopic (exact) mass is 378 g/mol. The van der Waals surface area contributed by atoms with E-state index in [1.54, 1.807) is 6.92 Å². The number of hydrogen-bond donors (Lipinski definition) is 1. The summed E-state index contributed by atoms with van der Waals surface area (Å²) in [5.41, 5.74) is 1.86. The van der Waals surface area contributed by atoms with Gasteiger partial charge in [-0.25, -0.2) is 12.7 Å². The van der Waals surface area contributed by atoms with Crippen LogP contribution >= 0.6 is 0 Å². The van der Waals surface area contributed by atoms with E-state index in [4.69, 9.17) is 4.42 Å². The zero-order chi connectivity index (χ0) is 18.9. The van der Waals surface area contributed by atoms with E-state index >= 15 is 0 Å². The highest BCUT2D eigenvalue weighted by molar-refractivity contribution is 7.89. The van der Waals surface area contributed by atoms with Crippen LogP contribution in [0.5, 0.6) is 0 Å². The summed E-state index contributed by atoms with van der Waals surface area (Å²) in [6, 6.07) is 7.60. The summed E-state index contributed by atoms with van der Waals surface area (Å²) in [6.45, 7) is 6.38. The van der Waals surface area contributed by atoms with E-state index in [-0.39, 0.29) is 23.6 Å². The average molecular weight is 378 g/mol. The Kier molecular flexibility index (Phi) is 5.39. The molecule has 0 radical (unpaired) electrons. The number of benzene rings is 1. The minimum Gasteiger partial charge on any atom is -0.459 e. The number of aryl methyl sites for hydroxylation is 1. The van der Waals surface area contributed by atoms with Crippen LogP contribution in [-0.2, 0) is 14.8 Å². The van der Waals surface area contributed by atoms with Crippen LogP contribution in [0.25, 0.3) is 11.0 Å². The van der Waals surface area contributed by atoms with Gasteiger partial charge in [-0.2, -0.15) is 0 Å². The Labute approximate surface area is 154 Å². The molecule has 142 valence electrons. The third-order valence-electron chi connectivity index (χ3n) is 5.22. The minimum atomic E-state index is -3.17. The number of amides is 1. The highest BCUT2D eigenvalue weighted by Crippen LogP contribution is 2.29. The number of furan rings is 1. The molecular weight excluding hydrogens is 352 g/mol. The second kappa shape index (κ2) is 7.40. The first-order chi connectivity index (χ1) is 12.3. The van der Waals surface area contributed by atoms with Gasteiger partial charge >= 0.3 is 0 Å². The van der Waals surface area contributed by atoms with E-state index in [0.717, 1.165) is 22.3 Å². The number of rotatable bonds is 5. The van der Waals surface area contributed by atoms with Crippen LogP contribution in [0.4, 0.5) is 0 Å². The van der Waals surface area contributed by atoms with Gasteiger partial charge in [0.25, 0.3) is 0 Å². The molecule has 2 aromatic rings. The average Bonchev–Trinajstić information content (AvgIpc) is 2.99. The van der Waals surface area contributed by atoms with Crippen LogP contribution in [0.1, 0.15) is 44.1 Å². The molecule has 1 N–H and O–H groups in total. The van der Waals surface area contributed by atoms with Crippen LogP contribution in [0.2, 0.25) is 0 Å². The number of fused-ring (bicyclic) bond motifs is 1. The Morgan fingerprint density at radius 3 is 2.58 bits per heavy atom. The lowest BCUT2D eigenvalue weighted by atomic mass is 9.96. The molecule has 1 aromatic carbocycles. The molecule has 0 saturated carbocycles. The second-order valence-corrected chi connectivity index (χ2v) is 9.15. The predicted molar refractivity (Wildman–Crippen MR) is 101 cm³/mol. The first kappa shape index (κ1) is 18.9. The zero-order valence-corrected chi connectivity index (χ0v) is 16.3. The molecule has 1 aliphatic heterocycles. The number of para-hydroxylation sites is 1. The fourth-order valence-electron chi connectivity index (χ4n) is 3.58.